The van der Waals surface area contributed by atoms with Crippen LogP contribution < -0.4 is 26.2 Å². The summed E-state index contributed by atoms with van der Waals surface area (Å²) in [5.74, 6) is -0.170. The molecule has 0 bridgehead atoms. The first-order valence-corrected chi connectivity index (χ1v) is 11.8. The highest BCUT2D eigenvalue weighted by atomic mass is 19.1. The summed E-state index contributed by atoms with van der Waals surface area (Å²) in [4.78, 5) is 4.81. The first-order chi connectivity index (χ1) is 15.2. The molecule has 6 heteroatoms. The number of piperidine rings is 2. The van der Waals surface area contributed by atoms with Crippen LogP contribution in [0.1, 0.15) is 37.7 Å². The molecule has 2 aliphatic rings. The van der Waals surface area contributed by atoms with Crippen molar-refractivity contribution < 1.29 is 4.39 Å². The summed E-state index contributed by atoms with van der Waals surface area (Å²) < 4.78 is 13.7. The smallest absolute Gasteiger partial charge is 0.125 e. The lowest BCUT2D eigenvalue weighted by Gasteiger charge is -2.36. The summed E-state index contributed by atoms with van der Waals surface area (Å²) in [5.41, 5.74) is 10.4. The van der Waals surface area contributed by atoms with Crippen LogP contribution in [0, 0.1) is 5.82 Å². The number of hydrogen-bond acceptors (Lipinski definition) is 5. The molecule has 0 spiro atoms. The highest BCUT2D eigenvalue weighted by Gasteiger charge is 2.21. The zero-order chi connectivity index (χ0) is 21.5. The third kappa shape index (κ3) is 6.11. The monoisotopic (exact) mass is 425 g/mol. The van der Waals surface area contributed by atoms with Crippen LogP contribution in [0.2, 0.25) is 0 Å². The number of benzene rings is 2. The minimum atomic E-state index is -0.170. The second-order valence-corrected chi connectivity index (χ2v) is 8.81. The Balaban J connectivity index is 1.48. The summed E-state index contributed by atoms with van der Waals surface area (Å²) in [6, 6.07) is 14.2. The molecule has 2 aromatic rings. The molecular weight excluding hydrogens is 389 g/mol. The van der Waals surface area contributed by atoms with Crippen LogP contribution in [-0.4, -0.2) is 45.3 Å². The standard InChI is InChI=1S/C25H36FN5/c26-21-6-4-8-24(16-21)31-13-5-7-22(19-31)29-23-14-20(18-28-10-9-27)15-25(17-23)30-11-2-1-3-12-30/h4,6,8,14-17,22,28-29H,1-3,5,7,9-13,18-19,27H2/t22-/m1/s1. The summed E-state index contributed by atoms with van der Waals surface area (Å²) in [7, 11) is 0. The van der Waals surface area contributed by atoms with Gasteiger partial charge in [-0.3, -0.25) is 0 Å². The fourth-order valence-electron chi connectivity index (χ4n) is 4.77. The van der Waals surface area contributed by atoms with Gasteiger partial charge in [0.05, 0.1) is 0 Å². The van der Waals surface area contributed by atoms with E-state index in [1.54, 1.807) is 12.1 Å². The van der Waals surface area contributed by atoms with Gasteiger partial charge in [0, 0.05) is 68.9 Å². The Morgan fingerprint density at radius 1 is 0.935 bits per heavy atom. The van der Waals surface area contributed by atoms with Crippen LogP contribution in [0.5, 0.6) is 0 Å². The van der Waals surface area contributed by atoms with Crippen LogP contribution in [0.25, 0.3) is 0 Å². The fraction of sp³-hybridized carbons (Fsp3) is 0.520. The average Bonchev–Trinajstić information content (AvgIpc) is 2.80. The first-order valence-electron chi connectivity index (χ1n) is 11.8. The third-order valence-electron chi connectivity index (χ3n) is 6.31. The quantitative estimate of drug-likeness (QED) is 0.559. The average molecular weight is 426 g/mol. The van der Waals surface area contributed by atoms with E-state index in [9.17, 15) is 4.39 Å². The Morgan fingerprint density at radius 2 is 1.77 bits per heavy atom. The molecule has 2 heterocycles. The molecule has 5 nitrogen and oxygen atoms in total. The highest BCUT2D eigenvalue weighted by Crippen LogP contribution is 2.28. The lowest BCUT2D eigenvalue weighted by atomic mass is 10.0. The van der Waals surface area contributed by atoms with Crippen molar-refractivity contribution in [3.8, 4) is 0 Å². The zero-order valence-electron chi connectivity index (χ0n) is 18.5. The predicted octanol–water partition coefficient (Wildman–Crippen LogP) is 3.95. The van der Waals surface area contributed by atoms with Crippen molar-refractivity contribution in [3.05, 3.63) is 53.8 Å². The van der Waals surface area contributed by atoms with Gasteiger partial charge < -0.3 is 26.2 Å². The van der Waals surface area contributed by atoms with E-state index in [0.29, 0.717) is 12.6 Å². The molecule has 0 unspecified atom stereocenters. The van der Waals surface area contributed by atoms with Gasteiger partial charge in [-0.1, -0.05) is 6.07 Å². The number of anilines is 3. The number of nitrogens with zero attached hydrogens (tertiary/aromatic N) is 2. The molecule has 0 aromatic heterocycles. The molecule has 2 aromatic carbocycles. The second-order valence-electron chi connectivity index (χ2n) is 8.81. The van der Waals surface area contributed by atoms with Crippen molar-refractivity contribution in [3.63, 3.8) is 0 Å². The molecule has 2 aliphatic heterocycles. The van der Waals surface area contributed by atoms with Crippen LogP contribution >= 0.6 is 0 Å². The van der Waals surface area contributed by atoms with Crippen molar-refractivity contribution in [2.45, 2.75) is 44.7 Å². The SMILES string of the molecule is NCCNCc1cc(N[C@@H]2CCCN(c3cccc(F)c3)C2)cc(N2CCCCC2)c1. The van der Waals surface area contributed by atoms with E-state index in [4.69, 9.17) is 5.73 Å². The molecular formula is C25H36FN5. The first kappa shape index (κ1) is 21.9. The molecule has 2 fully saturated rings. The van der Waals surface area contributed by atoms with Gasteiger partial charge in [0.1, 0.15) is 5.82 Å². The molecule has 0 radical (unpaired) electrons. The van der Waals surface area contributed by atoms with Gasteiger partial charge in [-0.05, 0) is 74.1 Å². The maximum absolute atomic E-state index is 13.7. The molecule has 2 saturated heterocycles. The van der Waals surface area contributed by atoms with Gasteiger partial charge in [-0.15, -0.1) is 0 Å². The second kappa shape index (κ2) is 10.8. The van der Waals surface area contributed by atoms with E-state index in [0.717, 1.165) is 57.8 Å². The maximum Gasteiger partial charge on any atom is 0.125 e. The number of nitrogens with two attached hydrogens (primary N) is 1. The van der Waals surface area contributed by atoms with Crippen molar-refractivity contribution in [2.24, 2.45) is 5.73 Å². The Morgan fingerprint density at radius 3 is 2.58 bits per heavy atom. The van der Waals surface area contributed by atoms with E-state index in [1.165, 1.54) is 42.3 Å². The van der Waals surface area contributed by atoms with Gasteiger partial charge in [0.25, 0.3) is 0 Å². The van der Waals surface area contributed by atoms with Gasteiger partial charge in [0.2, 0.25) is 0 Å². The van der Waals surface area contributed by atoms with E-state index in [1.807, 2.05) is 6.07 Å². The number of halogens is 1. The summed E-state index contributed by atoms with van der Waals surface area (Å²) >= 11 is 0. The van der Waals surface area contributed by atoms with Crippen LogP contribution in [-0.2, 0) is 6.54 Å². The van der Waals surface area contributed by atoms with E-state index in [-0.39, 0.29) is 5.82 Å². The Bertz CT molecular complexity index is 836. The Hall–Kier alpha value is -2.31. The topological polar surface area (TPSA) is 56.6 Å². The number of nitrogens with one attached hydrogen (secondary N) is 2. The van der Waals surface area contributed by atoms with E-state index < -0.39 is 0 Å². The summed E-state index contributed by atoms with van der Waals surface area (Å²) in [6.07, 6.45) is 6.09. The molecule has 31 heavy (non-hydrogen) atoms. The van der Waals surface area contributed by atoms with Crippen LogP contribution in [0.3, 0.4) is 0 Å². The van der Waals surface area contributed by atoms with Gasteiger partial charge in [0.15, 0.2) is 0 Å². The van der Waals surface area contributed by atoms with E-state index in [2.05, 4.69) is 38.6 Å². The van der Waals surface area contributed by atoms with Crippen molar-refractivity contribution in [1.82, 2.24) is 5.32 Å². The third-order valence-corrected chi connectivity index (χ3v) is 6.31. The highest BCUT2D eigenvalue weighted by molar-refractivity contribution is 5.61. The lowest BCUT2D eigenvalue weighted by molar-refractivity contribution is 0.528. The maximum atomic E-state index is 13.7. The Kier molecular flexibility index (Phi) is 7.65. The molecule has 0 amide bonds. The normalized spacial score (nSPS) is 19.5. The van der Waals surface area contributed by atoms with Crippen molar-refractivity contribution >= 4 is 17.1 Å². The molecule has 1 atom stereocenters. The minimum absolute atomic E-state index is 0.170. The summed E-state index contributed by atoms with van der Waals surface area (Å²) in [6.45, 7) is 6.43. The minimum Gasteiger partial charge on any atom is -0.380 e. The zero-order valence-corrected chi connectivity index (χ0v) is 18.5. The van der Waals surface area contributed by atoms with Gasteiger partial charge >= 0.3 is 0 Å². The number of hydrogen-bond donors (Lipinski definition) is 3. The van der Waals surface area contributed by atoms with Gasteiger partial charge in [-0.25, -0.2) is 4.39 Å². The molecule has 0 saturated carbocycles. The predicted molar refractivity (Wildman–Crippen MR) is 129 cm³/mol. The lowest BCUT2D eigenvalue weighted by Crippen LogP contribution is -2.42. The fourth-order valence-corrected chi connectivity index (χ4v) is 4.77. The molecule has 168 valence electrons. The Labute approximate surface area is 185 Å². The molecule has 0 aliphatic carbocycles. The molecule has 4 rings (SSSR count). The number of rotatable bonds is 8. The van der Waals surface area contributed by atoms with Crippen LogP contribution in [0.15, 0.2) is 42.5 Å². The largest absolute Gasteiger partial charge is 0.380 e. The van der Waals surface area contributed by atoms with Gasteiger partial charge in [-0.2, -0.15) is 0 Å². The van der Waals surface area contributed by atoms with Crippen molar-refractivity contribution in [2.75, 3.05) is 54.4 Å². The van der Waals surface area contributed by atoms with Crippen molar-refractivity contribution in [1.29, 1.82) is 0 Å². The van der Waals surface area contributed by atoms with Crippen LogP contribution in [0.4, 0.5) is 21.5 Å². The van der Waals surface area contributed by atoms with E-state index >= 15 is 0 Å². The summed E-state index contributed by atoms with van der Waals surface area (Å²) in [5, 5.41) is 7.22. The molecule has 4 N–H and O–H groups in total.